The van der Waals surface area contributed by atoms with Gasteiger partial charge in [-0.3, -0.25) is 0 Å². The van der Waals surface area contributed by atoms with E-state index in [1.165, 1.54) is 0 Å². The molecule has 0 spiro atoms. The summed E-state index contributed by atoms with van der Waals surface area (Å²) in [5.41, 5.74) is 2.94. The number of anilines is 1. The SMILES string of the molecule is FC(F)(F)COCCNc1ccccc1-c1ccccc1. The van der Waals surface area contributed by atoms with Gasteiger partial charge >= 0.3 is 6.18 Å². The first-order valence-corrected chi connectivity index (χ1v) is 6.59. The van der Waals surface area contributed by atoms with Crippen LogP contribution in [-0.2, 0) is 4.74 Å². The number of nitrogens with one attached hydrogen (secondary N) is 1. The maximum atomic E-state index is 11.9. The number of alkyl halides is 3. The molecule has 2 nitrogen and oxygen atoms in total. The fraction of sp³-hybridized carbons (Fsp3) is 0.250. The van der Waals surface area contributed by atoms with E-state index in [1.807, 2.05) is 54.6 Å². The number of hydrogen-bond acceptors (Lipinski definition) is 2. The third kappa shape index (κ3) is 5.11. The Morgan fingerprint density at radius 1 is 0.905 bits per heavy atom. The van der Waals surface area contributed by atoms with Crippen LogP contribution in [0.25, 0.3) is 11.1 Å². The molecule has 112 valence electrons. The van der Waals surface area contributed by atoms with E-state index in [1.54, 1.807) is 0 Å². The third-order valence-corrected chi connectivity index (χ3v) is 2.84. The number of para-hydroxylation sites is 1. The average molecular weight is 295 g/mol. The Balaban J connectivity index is 1.92. The molecular weight excluding hydrogens is 279 g/mol. The number of rotatable bonds is 6. The highest BCUT2D eigenvalue weighted by atomic mass is 19.4. The normalized spacial score (nSPS) is 11.4. The second-order valence-corrected chi connectivity index (χ2v) is 4.51. The Bertz CT molecular complexity index is 555. The van der Waals surface area contributed by atoms with Crippen LogP contribution in [0.5, 0.6) is 0 Å². The smallest absolute Gasteiger partial charge is 0.382 e. The highest BCUT2D eigenvalue weighted by Crippen LogP contribution is 2.27. The quantitative estimate of drug-likeness (QED) is 0.800. The van der Waals surface area contributed by atoms with Gasteiger partial charge in [-0.05, 0) is 11.6 Å². The molecule has 1 N–H and O–H groups in total. The van der Waals surface area contributed by atoms with Crippen LogP contribution in [0.2, 0.25) is 0 Å². The zero-order valence-corrected chi connectivity index (χ0v) is 11.4. The van der Waals surface area contributed by atoms with Crippen LogP contribution in [0.3, 0.4) is 0 Å². The van der Waals surface area contributed by atoms with Crippen molar-refractivity contribution >= 4 is 5.69 Å². The molecule has 0 fully saturated rings. The van der Waals surface area contributed by atoms with Gasteiger partial charge in [-0.25, -0.2) is 0 Å². The topological polar surface area (TPSA) is 21.3 Å². The first-order valence-electron chi connectivity index (χ1n) is 6.59. The average Bonchev–Trinajstić information content (AvgIpc) is 2.47. The van der Waals surface area contributed by atoms with Gasteiger partial charge in [0.25, 0.3) is 0 Å². The van der Waals surface area contributed by atoms with Crippen molar-refractivity contribution in [2.24, 2.45) is 0 Å². The number of ether oxygens (including phenoxy) is 1. The first-order chi connectivity index (χ1) is 10.1. The fourth-order valence-corrected chi connectivity index (χ4v) is 1.95. The molecule has 0 saturated carbocycles. The molecule has 0 unspecified atom stereocenters. The van der Waals surface area contributed by atoms with Gasteiger partial charge in [0.2, 0.25) is 0 Å². The Kier molecular flexibility index (Phi) is 5.22. The first kappa shape index (κ1) is 15.4. The molecule has 0 aliphatic rings. The Morgan fingerprint density at radius 3 is 2.29 bits per heavy atom. The zero-order chi connectivity index (χ0) is 15.1. The number of halogens is 3. The van der Waals surface area contributed by atoms with Crippen molar-refractivity contribution in [1.82, 2.24) is 0 Å². The molecule has 0 aliphatic heterocycles. The minimum atomic E-state index is -4.28. The summed E-state index contributed by atoms with van der Waals surface area (Å²) in [6.45, 7) is -0.891. The van der Waals surface area contributed by atoms with Gasteiger partial charge in [0.05, 0.1) is 6.61 Å². The molecule has 2 rings (SSSR count). The van der Waals surface area contributed by atoms with Crippen LogP contribution in [0.15, 0.2) is 54.6 Å². The highest BCUT2D eigenvalue weighted by Gasteiger charge is 2.27. The summed E-state index contributed by atoms with van der Waals surface area (Å²) in [6.07, 6.45) is -4.28. The summed E-state index contributed by atoms with van der Waals surface area (Å²) in [5, 5.41) is 3.11. The predicted octanol–water partition coefficient (Wildman–Crippen LogP) is 4.34. The monoisotopic (exact) mass is 295 g/mol. The maximum absolute atomic E-state index is 11.9. The summed E-state index contributed by atoms with van der Waals surface area (Å²) in [7, 11) is 0. The number of hydrogen-bond donors (Lipinski definition) is 1. The predicted molar refractivity (Wildman–Crippen MR) is 77.2 cm³/mol. The summed E-state index contributed by atoms with van der Waals surface area (Å²) in [5.74, 6) is 0. The van der Waals surface area contributed by atoms with Gasteiger partial charge < -0.3 is 10.1 Å². The molecule has 21 heavy (non-hydrogen) atoms. The van der Waals surface area contributed by atoms with Gasteiger partial charge in [-0.2, -0.15) is 13.2 Å². The molecule has 0 radical (unpaired) electrons. The summed E-state index contributed by atoms with van der Waals surface area (Å²) >= 11 is 0. The molecule has 0 bridgehead atoms. The van der Waals surface area contributed by atoms with Gasteiger partial charge in [-0.1, -0.05) is 48.5 Å². The van der Waals surface area contributed by atoms with Crippen molar-refractivity contribution < 1.29 is 17.9 Å². The van der Waals surface area contributed by atoms with E-state index in [-0.39, 0.29) is 6.61 Å². The molecule has 5 heteroatoms. The Labute approximate surface area is 121 Å². The van der Waals surface area contributed by atoms with Crippen LogP contribution in [0.4, 0.5) is 18.9 Å². The molecule has 0 heterocycles. The highest BCUT2D eigenvalue weighted by molar-refractivity contribution is 5.77. The summed E-state index contributed by atoms with van der Waals surface area (Å²) in [6, 6.07) is 17.5. The molecule has 2 aromatic carbocycles. The van der Waals surface area contributed by atoms with Crippen molar-refractivity contribution in [2.75, 3.05) is 25.1 Å². The lowest BCUT2D eigenvalue weighted by Gasteiger charge is -2.13. The minimum Gasteiger partial charge on any atom is -0.382 e. The standard InChI is InChI=1S/C16H16F3NO/c17-16(18,19)12-21-11-10-20-15-9-5-4-8-14(15)13-6-2-1-3-7-13/h1-9,20H,10-12H2. The molecule has 0 saturated heterocycles. The summed E-state index contributed by atoms with van der Waals surface area (Å²) in [4.78, 5) is 0. The largest absolute Gasteiger partial charge is 0.411 e. The van der Waals surface area contributed by atoms with E-state index in [0.717, 1.165) is 16.8 Å². The lowest BCUT2D eigenvalue weighted by molar-refractivity contribution is -0.172. The van der Waals surface area contributed by atoms with Crippen molar-refractivity contribution in [1.29, 1.82) is 0 Å². The second-order valence-electron chi connectivity index (χ2n) is 4.51. The van der Waals surface area contributed by atoms with Crippen LogP contribution in [0.1, 0.15) is 0 Å². The zero-order valence-electron chi connectivity index (χ0n) is 11.4. The van der Waals surface area contributed by atoms with Crippen molar-refractivity contribution in [3.63, 3.8) is 0 Å². The second kappa shape index (κ2) is 7.13. The molecule has 0 aliphatic carbocycles. The van der Waals surface area contributed by atoms with Crippen molar-refractivity contribution in [3.8, 4) is 11.1 Å². The Morgan fingerprint density at radius 2 is 1.57 bits per heavy atom. The van der Waals surface area contributed by atoms with Gasteiger partial charge in [-0.15, -0.1) is 0 Å². The fourth-order valence-electron chi connectivity index (χ4n) is 1.95. The molecule has 0 atom stereocenters. The van der Waals surface area contributed by atoms with E-state index in [2.05, 4.69) is 10.1 Å². The van der Waals surface area contributed by atoms with E-state index < -0.39 is 12.8 Å². The van der Waals surface area contributed by atoms with Crippen LogP contribution in [0, 0.1) is 0 Å². The van der Waals surface area contributed by atoms with E-state index in [9.17, 15) is 13.2 Å². The molecule has 0 aromatic heterocycles. The Hall–Kier alpha value is -2.01. The molecule has 2 aromatic rings. The number of benzene rings is 2. The van der Waals surface area contributed by atoms with Gasteiger partial charge in [0.1, 0.15) is 6.61 Å². The van der Waals surface area contributed by atoms with Crippen molar-refractivity contribution in [2.45, 2.75) is 6.18 Å². The summed E-state index contributed by atoms with van der Waals surface area (Å²) < 4.78 is 40.4. The minimum absolute atomic E-state index is 0.00261. The van der Waals surface area contributed by atoms with E-state index in [4.69, 9.17) is 0 Å². The molecule has 0 amide bonds. The van der Waals surface area contributed by atoms with E-state index in [0.29, 0.717) is 6.54 Å². The maximum Gasteiger partial charge on any atom is 0.411 e. The van der Waals surface area contributed by atoms with Gasteiger partial charge in [0, 0.05) is 17.8 Å². The molecular formula is C16H16F3NO. The lowest BCUT2D eigenvalue weighted by Crippen LogP contribution is -2.20. The van der Waals surface area contributed by atoms with Crippen LogP contribution < -0.4 is 5.32 Å². The third-order valence-electron chi connectivity index (χ3n) is 2.84. The lowest BCUT2D eigenvalue weighted by atomic mass is 10.0. The van der Waals surface area contributed by atoms with E-state index >= 15 is 0 Å². The van der Waals surface area contributed by atoms with Crippen LogP contribution >= 0.6 is 0 Å². The van der Waals surface area contributed by atoms with Gasteiger partial charge in [0.15, 0.2) is 0 Å². The van der Waals surface area contributed by atoms with Crippen molar-refractivity contribution in [3.05, 3.63) is 54.6 Å². The van der Waals surface area contributed by atoms with Crippen LogP contribution in [-0.4, -0.2) is 25.9 Å².